The van der Waals surface area contributed by atoms with Gasteiger partial charge in [-0.2, -0.15) is 0 Å². The third-order valence-corrected chi connectivity index (χ3v) is 2.44. The van der Waals surface area contributed by atoms with E-state index in [-0.39, 0.29) is 6.10 Å². The van der Waals surface area contributed by atoms with Gasteiger partial charge in [0.1, 0.15) is 0 Å². The lowest BCUT2D eigenvalue weighted by Crippen LogP contribution is -2.29. The molecule has 0 amide bonds. The average molecular weight is 192 g/mol. The molecule has 0 spiro atoms. The van der Waals surface area contributed by atoms with Gasteiger partial charge in [-0.15, -0.1) is 0 Å². The second-order valence-corrected chi connectivity index (χ2v) is 4.04. The summed E-state index contributed by atoms with van der Waals surface area (Å²) in [7, 11) is 0. The summed E-state index contributed by atoms with van der Waals surface area (Å²) in [5.74, 6) is -0.430. The van der Waals surface area contributed by atoms with Gasteiger partial charge in [0, 0.05) is 6.42 Å². The molecule has 1 aliphatic heterocycles. The van der Waals surface area contributed by atoms with Crippen LogP contribution in [-0.4, -0.2) is 18.5 Å². The minimum Gasteiger partial charge on any atom is -0.347 e. The zero-order valence-corrected chi connectivity index (χ0v) is 8.69. The fourth-order valence-corrected chi connectivity index (χ4v) is 1.85. The number of hydrogen-bond donors (Lipinski definition) is 0. The molecular weight excluding hydrogens is 176 g/mol. The molecule has 0 saturated carbocycles. The highest BCUT2D eigenvalue weighted by Gasteiger charge is 2.34. The van der Waals surface area contributed by atoms with E-state index in [2.05, 4.69) is 12.1 Å². The molecule has 1 fully saturated rings. The Labute approximate surface area is 84.8 Å². The van der Waals surface area contributed by atoms with Crippen molar-refractivity contribution >= 4 is 0 Å². The van der Waals surface area contributed by atoms with E-state index in [4.69, 9.17) is 9.47 Å². The maximum atomic E-state index is 5.73. The van der Waals surface area contributed by atoms with Crippen molar-refractivity contribution < 1.29 is 9.47 Å². The van der Waals surface area contributed by atoms with Crippen LogP contribution in [0.15, 0.2) is 30.3 Å². The van der Waals surface area contributed by atoms with Crippen molar-refractivity contribution in [3.05, 3.63) is 35.9 Å². The lowest BCUT2D eigenvalue weighted by Gasteiger charge is -2.22. The maximum absolute atomic E-state index is 5.73. The highest BCUT2D eigenvalue weighted by Crippen LogP contribution is 2.26. The van der Waals surface area contributed by atoms with Gasteiger partial charge < -0.3 is 9.47 Å². The van der Waals surface area contributed by atoms with Crippen molar-refractivity contribution in [2.45, 2.75) is 32.2 Å². The Hall–Kier alpha value is -0.860. The molecule has 1 aliphatic rings. The first-order chi connectivity index (χ1) is 6.68. The first-order valence-corrected chi connectivity index (χ1v) is 5.04. The normalized spacial score (nSPS) is 32.0. The predicted octanol–water partition coefficient (Wildman–Crippen LogP) is 2.38. The van der Waals surface area contributed by atoms with Crippen molar-refractivity contribution in [1.82, 2.24) is 0 Å². The Kier molecular flexibility index (Phi) is 2.57. The molecule has 2 heteroatoms. The molecule has 1 heterocycles. The fourth-order valence-electron chi connectivity index (χ4n) is 1.85. The van der Waals surface area contributed by atoms with Crippen molar-refractivity contribution in [1.29, 1.82) is 0 Å². The first-order valence-electron chi connectivity index (χ1n) is 5.04. The summed E-state index contributed by atoms with van der Waals surface area (Å²) < 4.78 is 11.4. The Morgan fingerprint density at radius 3 is 2.64 bits per heavy atom. The molecular formula is C12H16O2. The number of ether oxygens (including phenoxy) is 2. The zero-order chi connectivity index (χ0) is 10.0. The van der Waals surface area contributed by atoms with Crippen molar-refractivity contribution in [3.8, 4) is 0 Å². The van der Waals surface area contributed by atoms with Gasteiger partial charge >= 0.3 is 0 Å². The standard InChI is InChI=1S/C12H16O2/c1-10-9-13-12(2,14-10)8-11-6-4-3-5-7-11/h3-7,10H,8-9H2,1-2H3/t10-,12+/m0/s1. The van der Waals surface area contributed by atoms with E-state index < -0.39 is 5.79 Å². The van der Waals surface area contributed by atoms with Crippen molar-refractivity contribution in [2.24, 2.45) is 0 Å². The SMILES string of the molecule is C[C@H]1CO[C@@](C)(Cc2ccccc2)O1. The second-order valence-electron chi connectivity index (χ2n) is 4.04. The van der Waals surface area contributed by atoms with E-state index in [9.17, 15) is 0 Å². The van der Waals surface area contributed by atoms with Crippen LogP contribution < -0.4 is 0 Å². The summed E-state index contributed by atoms with van der Waals surface area (Å²) in [4.78, 5) is 0. The minimum atomic E-state index is -0.430. The minimum absolute atomic E-state index is 0.212. The number of hydrogen-bond acceptors (Lipinski definition) is 2. The summed E-state index contributed by atoms with van der Waals surface area (Å²) in [6.45, 7) is 4.74. The van der Waals surface area contributed by atoms with Gasteiger partial charge in [-0.3, -0.25) is 0 Å². The van der Waals surface area contributed by atoms with Gasteiger partial charge in [0.15, 0.2) is 5.79 Å². The van der Waals surface area contributed by atoms with Crippen LogP contribution in [0.2, 0.25) is 0 Å². The van der Waals surface area contributed by atoms with Crippen LogP contribution in [0.5, 0.6) is 0 Å². The van der Waals surface area contributed by atoms with E-state index in [0.717, 1.165) is 6.42 Å². The van der Waals surface area contributed by atoms with Crippen LogP contribution in [0, 0.1) is 0 Å². The summed E-state index contributed by atoms with van der Waals surface area (Å²) in [6.07, 6.45) is 1.03. The number of rotatable bonds is 2. The molecule has 0 aliphatic carbocycles. The van der Waals surface area contributed by atoms with Gasteiger partial charge in [0.2, 0.25) is 0 Å². The summed E-state index contributed by atoms with van der Waals surface area (Å²) in [5, 5.41) is 0. The van der Waals surface area contributed by atoms with E-state index >= 15 is 0 Å². The topological polar surface area (TPSA) is 18.5 Å². The highest BCUT2D eigenvalue weighted by molar-refractivity contribution is 5.16. The van der Waals surface area contributed by atoms with Crippen LogP contribution in [0.25, 0.3) is 0 Å². The Morgan fingerprint density at radius 2 is 2.07 bits per heavy atom. The van der Waals surface area contributed by atoms with Crippen molar-refractivity contribution in [2.75, 3.05) is 6.61 Å². The summed E-state index contributed by atoms with van der Waals surface area (Å²) in [6, 6.07) is 10.3. The fraction of sp³-hybridized carbons (Fsp3) is 0.500. The lowest BCUT2D eigenvalue weighted by atomic mass is 10.1. The molecule has 0 N–H and O–H groups in total. The van der Waals surface area contributed by atoms with Gasteiger partial charge in [-0.1, -0.05) is 30.3 Å². The van der Waals surface area contributed by atoms with Crippen LogP contribution in [0.3, 0.4) is 0 Å². The van der Waals surface area contributed by atoms with Crippen molar-refractivity contribution in [3.63, 3.8) is 0 Å². The van der Waals surface area contributed by atoms with E-state index in [1.807, 2.05) is 32.0 Å². The average Bonchev–Trinajstić information content (AvgIpc) is 2.47. The summed E-state index contributed by atoms with van der Waals surface area (Å²) >= 11 is 0. The predicted molar refractivity (Wildman–Crippen MR) is 55.1 cm³/mol. The molecule has 0 aromatic heterocycles. The van der Waals surface area contributed by atoms with Crippen LogP contribution in [-0.2, 0) is 15.9 Å². The second kappa shape index (κ2) is 3.71. The quantitative estimate of drug-likeness (QED) is 0.716. The molecule has 0 unspecified atom stereocenters. The maximum Gasteiger partial charge on any atom is 0.170 e. The van der Waals surface area contributed by atoms with Gasteiger partial charge in [0.25, 0.3) is 0 Å². The smallest absolute Gasteiger partial charge is 0.170 e. The largest absolute Gasteiger partial charge is 0.347 e. The van der Waals surface area contributed by atoms with Crippen LogP contribution in [0.1, 0.15) is 19.4 Å². The molecule has 1 aromatic carbocycles. The molecule has 2 nitrogen and oxygen atoms in total. The van der Waals surface area contributed by atoms with E-state index in [1.165, 1.54) is 5.56 Å². The zero-order valence-electron chi connectivity index (χ0n) is 8.69. The van der Waals surface area contributed by atoms with Gasteiger partial charge in [-0.05, 0) is 19.4 Å². The molecule has 0 radical (unpaired) electrons. The Morgan fingerprint density at radius 1 is 1.36 bits per heavy atom. The first kappa shape index (κ1) is 9.69. The van der Waals surface area contributed by atoms with Gasteiger partial charge in [-0.25, -0.2) is 0 Å². The van der Waals surface area contributed by atoms with E-state index in [1.54, 1.807) is 0 Å². The lowest BCUT2D eigenvalue weighted by molar-refractivity contribution is -0.150. The molecule has 14 heavy (non-hydrogen) atoms. The third-order valence-electron chi connectivity index (χ3n) is 2.44. The molecule has 1 saturated heterocycles. The molecule has 0 bridgehead atoms. The molecule has 2 rings (SSSR count). The summed E-state index contributed by atoms with van der Waals surface area (Å²) in [5.41, 5.74) is 1.25. The Bertz CT molecular complexity index is 296. The van der Waals surface area contributed by atoms with E-state index in [0.29, 0.717) is 6.61 Å². The van der Waals surface area contributed by atoms with Crippen LogP contribution >= 0.6 is 0 Å². The Balaban J connectivity index is 2.04. The van der Waals surface area contributed by atoms with Crippen LogP contribution in [0.4, 0.5) is 0 Å². The number of benzene rings is 1. The molecule has 76 valence electrons. The third kappa shape index (κ3) is 2.14. The highest BCUT2D eigenvalue weighted by atomic mass is 16.7. The monoisotopic (exact) mass is 192 g/mol. The van der Waals surface area contributed by atoms with Gasteiger partial charge in [0.05, 0.1) is 12.7 Å². The molecule has 2 atom stereocenters. The molecule has 1 aromatic rings.